The number of likely N-dealkylation sites (tertiary alicyclic amines) is 1. The van der Waals surface area contributed by atoms with Gasteiger partial charge >= 0.3 is 0 Å². The summed E-state index contributed by atoms with van der Waals surface area (Å²) in [7, 11) is 1.78. The number of carbonyl (C=O) groups excluding carboxylic acids is 1. The Balaban J connectivity index is 0.00000200. The molecule has 0 spiro atoms. The SMILES string of the molecule is CNC1CCCN(C(=O)c2c(F)cc(F)cc2F)C1.Cl. The zero-order valence-electron chi connectivity index (χ0n) is 11.0. The maximum Gasteiger partial charge on any atom is 0.259 e. The van der Waals surface area contributed by atoms with Gasteiger partial charge in [-0.05, 0) is 19.9 Å². The van der Waals surface area contributed by atoms with Crippen molar-refractivity contribution in [3.05, 3.63) is 35.1 Å². The Morgan fingerprint density at radius 1 is 1.30 bits per heavy atom. The molecule has 3 nitrogen and oxygen atoms in total. The number of carbonyl (C=O) groups is 1. The Bertz CT molecular complexity index is 475. The molecular weight excluding hydrogens is 293 g/mol. The van der Waals surface area contributed by atoms with Gasteiger partial charge in [-0.15, -0.1) is 12.4 Å². The lowest BCUT2D eigenvalue weighted by Gasteiger charge is -2.32. The van der Waals surface area contributed by atoms with Crippen LogP contribution in [0, 0.1) is 17.5 Å². The van der Waals surface area contributed by atoms with Crippen molar-refractivity contribution in [2.45, 2.75) is 18.9 Å². The minimum Gasteiger partial charge on any atom is -0.337 e. The molecule has 0 aliphatic carbocycles. The van der Waals surface area contributed by atoms with Crippen LogP contribution in [0.25, 0.3) is 0 Å². The van der Waals surface area contributed by atoms with Crippen molar-refractivity contribution in [2.24, 2.45) is 0 Å². The summed E-state index contributed by atoms with van der Waals surface area (Å²) in [5, 5.41) is 3.04. The third kappa shape index (κ3) is 3.43. The van der Waals surface area contributed by atoms with Crippen LogP contribution >= 0.6 is 12.4 Å². The number of rotatable bonds is 2. The predicted molar refractivity (Wildman–Crippen MR) is 71.5 cm³/mol. The van der Waals surface area contributed by atoms with Crippen molar-refractivity contribution in [3.63, 3.8) is 0 Å². The van der Waals surface area contributed by atoms with Gasteiger partial charge in [-0.1, -0.05) is 0 Å². The number of halogens is 4. The van der Waals surface area contributed by atoms with Crippen LogP contribution in [-0.4, -0.2) is 37.0 Å². The molecule has 0 radical (unpaired) electrons. The smallest absolute Gasteiger partial charge is 0.259 e. The van der Waals surface area contributed by atoms with E-state index in [1.54, 1.807) is 7.05 Å². The molecule has 1 saturated heterocycles. The van der Waals surface area contributed by atoms with Crippen LogP contribution in [0.5, 0.6) is 0 Å². The van der Waals surface area contributed by atoms with E-state index in [4.69, 9.17) is 0 Å². The Morgan fingerprint density at radius 2 is 1.90 bits per heavy atom. The molecule has 1 fully saturated rings. The number of hydrogen-bond donors (Lipinski definition) is 1. The average Bonchev–Trinajstić information content (AvgIpc) is 2.37. The van der Waals surface area contributed by atoms with Gasteiger partial charge in [0.2, 0.25) is 0 Å². The minimum absolute atomic E-state index is 0. The van der Waals surface area contributed by atoms with Crippen LogP contribution < -0.4 is 5.32 Å². The van der Waals surface area contributed by atoms with Crippen molar-refractivity contribution in [1.82, 2.24) is 10.2 Å². The predicted octanol–water partition coefficient (Wildman–Crippen LogP) is 2.35. The van der Waals surface area contributed by atoms with E-state index in [0.717, 1.165) is 12.8 Å². The lowest BCUT2D eigenvalue weighted by molar-refractivity contribution is 0.0688. The highest BCUT2D eigenvalue weighted by molar-refractivity contribution is 5.94. The van der Waals surface area contributed by atoms with E-state index in [1.807, 2.05) is 0 Å². The summed E-state index contributed by atoms with van der Waals surface area (Å²) in [6.45, 7) is 0.846. The molecule has 1 N–H and O–H groups in total. The third-order valence-electron chi connectivity index (χ3n) is 3.34. The number of hydrogen-bond acceptors (Lipinski definition) is 2. The second-order valence-corrected chi connectivity index (χ2v) is 4.62. The third-order valence-corrected chi connectivity index (χ3v) is 3.34. The Labute approximate surface area is 121 Å². The lowest BCUT2D eigenvalue weighted by Crippen LogP contribution is -2.47. The highest BCUT2D eigenvalue weighted by atomic mass is 35.5. The zero-order valence-corrected chi connectivity index (χ0v) is 11.8. The number of amides is 1. The molecule has 0 bridgehead atoms. The Kier molecular flexibility index (Phi) is 5.83. The fraction of sp³-hybridized carbons (Fsp3) is 0.462. The molecule has 112 valence electrons. The fourth-order valence-electron chi connectivity index (χ4n) is 2.30. The molecular formula is C13H16ClF3N2O. The first-order chi connectivity index (χ1) is 9.02. The van der Waals surface area contributed by atoms with Crippen LogP contribution in [0.4, 0.5) is 13.2 Å². The molecule has 1 unspecified atom stereocenters. The van der Waals surface area contributed by atoms with E-state index in [-0.39, 0.29) is 18.4 Å². The number of piperidine rings is 1. The molecule has 0 saturated carbocycles. The van der Waals surface area contributed by atoms with Crippen LogP contribution in [0.3, 0.4) is 0 Å². The topological polar surface area (TPSA) is 32.3 Å². The first kappa shape index (κ1) is 16.8. The van der Waals surface area contributed by atoms with Gasteiger partial charge in [0.05, 0.1) is 0 Å². The molecule has 1 aromatic carbocycles. The molecule has 1 atom stereocenters. The van der Waals surface area contributed by atoms with Gasteiger partial charge in [0.25, 0.3) is 5.91 Å². The van der Waals surface area contributed by atoms with E-state index in [2.05, 4.69) is 5.32 Å². The maximum absolute atomic E-state index is 13.6. The summed E-state index contributed by atoms with van der Waals surface area (Å²) >= 11 is 0. The number of benzene rings is 1. The number of nitrogens with one attached hydrogen (secondary N) is 1. The summed E-state index contributed by atoms with van der Waals surface area (Å²) in [5.74, 6) is -4.07. The van der Waals surface area contributed by atoms with Gasteiger partial charge in [0.1, 0.15) is 23.0 Å². The normalized spacial score (nSPS) is 18.6. The summed E-state index contributed by atoms with van der Waals surface area (Å²) in [5.41, 5.74) is -0.682. The first-order valence-electron chi connectivity index (χ1n) is 6.14. The summed E-state index contributed by atoms with van der Waals surface area (Å²) < 4.78 is 39.9. The van der Waals surface area contributed by atoms with Crippen LogP contribution in [0.2, 0.25) is 0 Å². The van der Waals surface area contributed by atoms with E-state index in [0.29, 0.717) is 25.2 Å². The van der Waals surface area contributed by atoms with Gasteiger partial charge in [-0.3, -0.25) is 4.79 Å². The molecule has 1 amide bonds. The van der Waals surface area contributed by atoms with Gasteiger partial charge in [0, 0.05) is 31.3 Å². The molecule has 2 rings (SSSR count). The van der Waals surface area contributed by atoms with Crippen molar-refractivity contribution >= 4 is 18.3 Å². The fourth-order valence-corrected chi connectivity index (χ4v) is 2.30. The van der Waals surface area contributed by atoms with Crippen molar-refractivity contribution in [2.75, 3.05) is 20.1 Å². The second-order valence-electron chi connectivity index (χ2n) is 4.62. The van der Waals surface area contributed by atoms with E-state index < -0.39 is 28.9 Å². The molecule has 1 aliphatic rings. The van der Waals surface area contributed by atoms with E-state index >= 15 is 0 Å². The molecule has 1 heterocycles. The first-order valence-corrected chi connectivity index (χ1v) is 6.14. The second kappa shape index (κ2) is 6.95. The minimum atomic E-state index is -1.16. The van der Waals surface area contributed by atoms with Gasteiger partial charge in [-0.25, -0.2) is 13.2 Å². The van der Waals surface area contributed by atoms with Gasteiger partial charge in [-0.2, -0.15) is 0 Å². The summed E-state index contributed by atoms with van der Waals surface area (Å²) in [6.07, 6.45) is 1.68. The monoisotopic (exact) mass is 308 g/mol. The molecule has 0 aromatic heterocycles. The Morgan fingerprint density at radius 3 is 2.45 bits per heavy atom. The average molecular weight is 309 g/mol. The lowest BCUT2D eigenvalue weighted by atomic mass is 10.0. The highest BCUT2D eigenvalue weighted by Crippen LogP contribution is 2.19. The van der Waals surface area contributed by atoms with Crippen molar-refractivity contribution in [1.29, 1.82) is 0 Å². The quantitative estimate of drug-likeness (QED) is 0.909. The van der Waals surface area contributed by atoms with Gasteiger partial charge in [0.15, 0.2) is 0 Å². The zero-order chi connectivity index (χ0) is 14.0. The van der Waals surface area contributed by atoms with Gasteiger partial charge < -0.3 is 10.2 Å². The van der Waals surface area contributed by atoms with E-state index in [9.17, 15) is 18.0 Å². The highest BCUT2D eigenvalue weighted by Gasteiger charge is 2.28. The molecule has 1 aliphatic heterocycles. The van der Waals surface area contributed by atoms with Crippen molar-refractivity contribution in [3.8, 4) is 0 Å². The van der Waals surface area contributed by atoms with E-state index in [1.165, 1.54) is 4.90 Å². The Hall–Kier alpha value is -1.27. The van der Waals surface area contributed by atoms with Crippen LogP contribution in [0.1, 0.15) is 23.2 Å². The summed E-state index contributed by atoms with van der Waals surface area (Å²) in [6, 6.07) is 1.16. The molecule has 7 heteroatoms. The summed E-state index contributed by atoms with van der Waals surface area (Å²) in [4.78, 5) is 13.5. The van der Waals surface area contributed by atoms with Crippen LogP contribution in [0.15, 0.2) is 12.1 Å². The standard InChI is InChI=1S/C13H15F3N2O.ClH/c1-17-9-3-2-4-18(7-9)13(19)12-10(15)5-8(14)6-11(12)16;/h5-6,9,17H,2-4,7H2,1H3;1H. The molecule has 1 aromatic rings. The maximum atomic E-state index is 13.6. The van der Waals surface area contributed by atoms with Crippen molar-refractivity contribution < 1.29 is 18.0 Å². The molecule has 20 heavy (non-hydrogen) atoms. The number of likely N-dealkylation sites (N-methyl/N-ethyl adjacent to an activating group) is 1. The largest absolute Gasteiger partial charge is 0.337 e. The van der Waals surface area contributed by atoms with Crippen LogP contribution in [-0.2, 0) is 0 Å². The number of nitrogens with zero attached hydrogens (tertiary/aromatic N) is 1.